The highest BCUT2D eigenvalue weighted by Crippen LogP contribution is 2.40. The van der Waals surface area contributed by atoms with Gasteiger partial charge in [0, 0.05) is 20.6 Å². The summed E-state index contributed by atoms with van der Waals surface area (Å²) in [6.07, 6.45) is 1.67. The van der Waals surface area contributed by atoms with Gasteiger partial charge in [-0.25, -0.2) is 0 Å². The molecule has 1 saturated heterocycles. The van der Waals surface area contributed by atoms with Crippen LogP contribution in [0.2, 0.25) is 15.1 Å². The number of amides is 2. The molecule has 0 aromatic heterocycles. The molecule has 0 N–H and O–H groups in total. The molecule has 0 atom stereocenters. The summed E-state index contributed by atoms with van der Waals surface area (Å²) in [5, 5.41) is 1.31. The summed E-state index contributed by atoms with van der Waals surface area (Å²) < 4.78 is 12.4. The van der Waals surface area contributed by atoms with Crippen molar-refractivity contribution in [1.82, 2.24) is 4.90 Å². The second kappa shape index (κ2) is 11.9. The third-order valence-corrected chi connectivity index (χ3v) is 7.48. The van der Waals surface area contributed by atoms with Crippen LogP contribution in [0.5, 0.6) is 11.5 Å². The molecule has 36 heavy (non-hydrogen) atoms. The number of benzene rings is 3. The zero-order chi connectivity index (χ0) is 25.8. The summed E-state index contributed by atoms with van der Waals surface area (Å²) in [6, 6.07) is 15.8. The van der Waals surface area contributed by atoms with E-state index in [0.717, 1.165) is 22.9 Å². The van der Waals surface area contributed by atoms with E-state index in [2.05, 4.69) is 15.9 Å². The molecule has 3 aromatic carbocycles. The topological polar surface area (TPSA) is 55.8 Å². The molecule has 1 fully saturated rings. The van der Waals surface area contributed by atoms with Crippen LogP contribution >= 0.6 is 62.5 Å². The van der Waals surface area contributed by atoms with Crippen molar-refractivity contribution >= 4 is 79.7 Å². The minimum Gasteiger partial charge on any atom is -0.490 e. The molecule has 1 aliphatic rings. The first-order valence-corrected chi connectivity index (χ1v) is 13.5. The van der Waals surface area contributed by atoms with Crippen molar-refractivity contribution in [2.75, 3.05) is 6.61 Å². The largest absolute Gasteiger partial charge is 0.490 e. The van der Waals surface area contributed by atoms with Crippen LogP contribution in [-0.4, -0.2) is 22.7 Å². The Hall–Kier alpha value is -2.16. The first-order valence-electron chi connectivity index (χ1n) is 10.8. The summed E-state index contributed by atoms with van der Waals surface area (Å²) in [5.74, 6) is 0.631. The zero-order valence-corrected chi connectivity index (χ0v) is 23.6. The van der Waals surface area contributed by atoms with Crippen LogP contribution in [0, 0.1) is 0 Å². The fraction of sp³-hybridized carbons (Fsp3) is 0.154. The van der Waals surface area contributed by atoms with E-state index in [4.69, 9.17) is 44.3 Å². The van der Waals surface area contributed by atoms with Crippen molar-refractivity contribution in [2.45, 2.75) is 20.1 Å². The van der Waals surface area contributed by atoms with E-state index < -0.39 is 0 Å². The van der Waals surface area contributed by atoms with E-state index in [-0.39, 0.29) is 24.3 Å². The predicted molar refractivity (Wildman–Crippen MR) is 149 cm³/mol. The van der Waals surface area contributed by atoms with Gasteiger partial charge in [0.1, 0.15) is 6.61 Å². The number of imide groups is 1. The maximum absolute atomic E-state index is 13.0. The number of carbonyl (C=O) groups is 2. The van der Waals surface area contributed by atoms with Crippen LogP contribution in [-0.2, 0) is 17.9 Å². The molecular weight excluding hydrogens is 609 g/mol. The lowest BCUT2D eigenvalue weighted by Gasteiger charge is -2.15. The van der Waals surface area contributed by atoms with Gasteiger partial charge < -0.3 is 9.47 Å². The standard InChI is InChI=1S/C26H19BrCl3NO4S/c1-2-34-22-10-16(9-20(27)24(22)35-14-17-5-8-19(29)12-21(17)30)11-23-25(32)31(26(33)36-23)13-15-3-6-18(28)7-4-15/h3-12H,2,13-14H2,1H3/b23-11-. The van der Waals surface area contributed by atoms with Gasteiger partial charge in [0.2, 0.25) is 0 Å². The van der Waals surface area contributed by atoms with Crippen LogP contribution in [0.3, 0.4) is 0 Å². The Morgan fingerprint density at radius 1 is 0.972 bits per heavy atom. The first-order chi connectivity index (χ1) is 17.2. The number of hydrogen-bond donors (Lipinski definition) is 0. The summed E-state index contributed by atoms with van der Waals surface area (Å²) >= 11 is 22.6. The molecule has 1 aliphatic heterocycles. The number of carbonyl (C=O) groups excluding carboxylic acids is 2. The average Bonchev–Trinajstić information content (AvgIpc) is 3.08. The lowest BCUT2D eigenvalue weighted by atomic mass is 10.1. The van der Waals surface area contributed by atoms with E-state index in [9.17, 15) is 9.59 Å². The molecule has 0 radical (unpaired) electrons. The van der Waals surface area contributed by atoms with Gasteiger partial charge in [-0.1, -0.05) is 53.0 Å². The minimum absolute atomic E-state index is 0.174. The Bertz CT molecular complexity index is 1350. The molecule has 0 aliphatic carbocycles. The average molecular weight is 628 g/mol. The van der Waals surface area contributed by atoms with Gasteiger partial charge in [-0.2, -0.15) is 0 Å². The SMILES string of the molecule is CCOc1cc(/C=C2\SC(=O)N(Cc3ccc(Cl)cc3)C2=O)cc(Br)c1OCc1ccc(Cl)cc1Cl. The van der Waals surface area contributed by atoms with Crippen LogP contribution < -0.4 is 9.47 Å². The normalized spacial score (nSPS) is 14.6. The van der Waals surface area contributed by atoms with Gasteiger partial charge in [0.15, 0.2) is 11.5 Å². The van der Waals surface area contributed by atoms with Gasteiger partial charge in [-0.05, 0) is 88.2 Å². The zero-order valence-electron chi connectivity index (χ0n) is 18.9. The van der Waals surface area contributed by atoms with E-state index in [1.54, 1.807) is 60.7 Å². The van der Waals surface area contributed by atoms with Crippen molar-refractivity contribution in [3.63, 3.8) is 0 Å². The van der Waals surface area contributed by atoms with E-state index in [1.165, 1.54) is 4.90 Å². The number of hydrogen-bond acceptors (Lipinski definition) is 5. The highest BCUT2D eigenvalue weighted by atomic mass is 79.9. The third kappa shape index (κ3) is 6.39. The molecular formula is C26H19BrCl3NO4S. The van der Waals surface area contributed by atoms with Crippen LogP contribution in [0.1, 0.15) is 23.6 Å². The second-order valence-electron chi connectivity index (χ2n) is 7.68. The predicted octanol–water partition coefficient (Wildman–Crippen LogP) is 8.62. The smallest absolute Gasteiger partial charge is 0.293 e. The summed E-state index contributed by atoms with van der Waals surface area (Å²) in [5.41, 5.74) is 2.26. The van der Waals surface area contributed by atoms with Gasteiger partial charge in [0.25, 0.3) is 11.1 Å². The number of halogens is 4. The highest BCUT2D eigenvalue weighted by molar-refractivity contribution is 9.10. The number of nitrogens with zero attached hydrogens (tertiary/aromatic N) is 1. The first kappa shape index (κ1) is 26.9. The molecule has 0 saturated carbocycles. The molecule has 10 heteroatoms. The Morgan fingerprint density at radius 2 is 1.69 bits per heavy atom. The number of ether oxygens (including phenoxy) is 2. The lowest BCUT2D eigenvalue weighted by Crippen LogP contribution is -2.27. The molecule has 3 aromatic rings. The molecule has 5 nitrogen and oxygen atoms in total. The van der Waals surface area contributed by atoms with Gasteiger partial charge >= 0.3 is 0 Å². The fourth-order valence-electron chi connectivity index (χ4n) is 3.42. The van der Waals surface area contributed by atoms with Crippen LogP contribution in [0.25, 0.3) is 6.08 Å². The molecule has 0 spiro atoms. The Labute approximate surface area is 236 Å². The van der Waals surface area contributed by atoms with Gasteiger partial charge in [0.05, 0.1) is 22.5 Å². The van der Waals surface area contributed by atoms with Crippen molar-refractivity contribution < 1.29 is 19.1 Å². The van der Waals surface area contributed by atoms with E-state index in [0.29, 0.717) is 48.1 Å². The molecule has 1 heterocycles. The lowest BCUT2D eigenvalue weighted by molar-refractivity contribution is -0.123. The number of thioether (sulfide) groups is 1. The monoisotopic (exact) mass is 625 g/mol. The van der Waals surface area contributed by atoms with E-state index >= 15 is 0 Å². The second-order valence-corrected chi connectivity index (χ2v) is 10.8. The highest BCUT2D eigenvalue weighted by Gasteiger charge is 2.35. The molecule has 0 bridgehead atoms. The Morgan fingerprint density at radius 3 is 2.39 bits per heavy atom. The number of rotatable bonds is 8. The molecule has 2 amide bonds. The molecule has 4 rings (SSSR count). The van der Waals surface area contributed by atoms with Crippen LogP contribution in [0.15, 0.2) is 64.0 Å². The third-order valence-electron chi connectivity index (χ3n) is 5.14. The quantitative estimate of drug-likeness (QED) is 0.234. The maximum Gasteiger partial charge on any atom is 0.293 e. The summed E-state index contributed by atoms with van der Waals surface area (Å²) in [4.78, 5) is 27.1. The van der Waals surface area contributed by atoms with Crippen molar-refractivity contribution in [2.24, 2.45) is 0 Å². The molecule has 186 valence electrons. The van der Waals surface area contributed by atoms with E-state index in [1.807, 2.05) is 6.92 Å². The maximum atomic E-state index is 13.0. The minimum atomic E-state index is -0.355. The Kier molecular flexibility index (Phi) is 8.91. The summed E-state index contributed by atoms with van der Waals surface area (Å²) in [6.45, 7) is 2.65. The Balaban J connectivity index is 1.55. The van der Waals surface area contributed by atoms with Crippen molar-refractivity contribution in [1.29, 1.82) is 0 Å². The summed E-state index contributed by atoms with van der Waals surface area (Å²) in [7, 11) is 0. The van der Waals surface area contributed by atoms with Gasteiger partial charge in [-0.3, -0.25) is 14.5 Å². The van der Waals surface area contributed by atoms with Crippen molar-refractivity contribution in [3.05, 3.63) is 95.7 Å². The fourth-order valence-corrected chi connectivity index (χ4v) is 5.42. The van der Waals surface area contributed by atoms with Crippen LogP contribution in [0.4, 0.5) is 4.79 Å². The van der Waals surface area contributed by atoms with Crippen molar-refractivity contribution in [3.8, 4) is 11.5 Å². The van der Waals surface area contributed by atoms with Gasteiger partial charge in [-0.15, -0.1) is 0 Å². The molecule has 0 unspecified atom stereocenters.